The van der Waals surface area contributed by atoms with Crippen molar-refractivity contribution in [1.29, 1.82) is 0 Å². The average molecular weight is 376 g/mol. The maximum absolute atomic E-state index is 4.78. The van der Waals surface area contributed by atoms with E-state index in [1.807, 2.05) is 55.5 Å². The highest BCUT2D eigenvalue weighted by atomic mass is 14.7. The van der Waals surface area contributed by atoms with Gasteiger partial charge in [0.1, 0.15) is 0 Å². The van der Waals surface area contributed by atoms with E-state index < -0.39 is 0 Å². The number of nitrogens with zero attached hydrogens (tertiary/aromatic N) is 1. The van der Waals surface area contributed by atoms with Gasteiger partial charge in [-0.25, -0.2) is 0 Å². The lowest BCUT2D eigenvalue weighted by atomic mass is 10.0. The molecule has 29 heavy (non-hydrogen) atoms. The summed E-state index contributed by atoms with van der Waals surface area (Å²) in [6, 6.07) is 26.9. The highest BCUT2D eigenvalue weighted by molar-refractivity contribution is 6.02. The Morgan fingerprint density at radius 2 is 1.41 bits per heavy atom. The van der Waals surface area contributed by atoms with Crippen molar-refractivity contribution in [2.24, 2.45) is 4.99 Å². The van der Waals surface area contributed by atoms with Gasteiger partial charge < -0.3 is 0 Å². The normalized spacial score (nSPS) is 11.8. The third kappa shape index (κ3) is 4.97. The van der Waals surface area contributed by atoms with E-state index in [1.54, 1.807) is 6.08 Å². The molecule has 0 saturated carbocycles. The summed E-state index contributed by atoms with van der Waals surface area (Å²) < 4.78 is 0. The van der Waals surface area contributed by atoms with Crippen LogP contribution in [-0.4, -0.2) is 5.71 Å². The van der Waals surface area contributed by atoms with E-state index in [9.17, 15) is 0 Å². The highest BCUT2D eigenvalue weighted by Crippen LogP contribution is 2.24. The molecule has 0 spiro atoms. The first-order valence-corrected chi connectivity index (χ1v) is 9.58. The summed E-state index contributed by atoms with van der Waals surface area (Å²) in [4.78, 5) is 4.78. The quantitative estimate of drug-likeness (QED) is 0.298. The molecule has 3 aromatic carbocycles. The Labute approximate surface area is 173 Å². The van der Waals surface area contributed by atoms with Crippen molar-refractivity contribution in [3.05, 3.63) is 134 Å². The maximum atomic E-state index is 4.78. The number of benzene rings is 3. The van der Waals surface area contributed by atoms with Crippen LogP contribution in [0.15, 0.2) is 122 Å². The fourth-order valence-corrected chi connectivity index (χ4v) is 3.17. The third-order valence-corrected chi connectivity index (χ3v) is 4.74. The first-order valence-electron chi connectivity index (χ1n) is 9.58. The molecule has 1 heteroatoms. The van der Waals surface area contributed by atoms with Crippen molar-refractivity contribution >= 4 is 17.0 Å². The van der Waals surface area contributed by atoms with Crippen LogP contribution in [0.2, 0.25) is 0 Å². The van der Waals surface area contributed by atoms with Gasteiger partial charge in [0.25, 0.3) is 0 Å². The molecule has 0 amide bonds. The summed E-state index contributed by atoms with van der Waals surface area (Å²) >= 11 is 0. The van der Waals surface area contributed by atoms with Crippen molar-refractivity contribution in [2.45, 2.75) is 6.92 Å². The molecule has 3 rings (SSSR count). The molecule has 0 unspecified atom stereocenters. The SMILES string of the molecule is C=C/C=C(\C=C)c1cccc(C(C)=NC(=C)c2cccc(-c3ccccc3)c2)c1. The predicted molar refractivity (Wildman–Crippen MR) is 128 cm³/mol. The summed E-state index contributed by atoms with van der Waals surface area (Å²) in [5.74, 6) is 0. The first kappa shape index (κ1) is 20.0. The van der Waals surface area contributed by atoms with Gasteiger partial charge in [-0.15, -0.1) is 0 Å². The van der Waals surface area contributed by atoms with Crippen LogP contribution < -0.4 is 0 Å². The Kier molecular flexibility index (Phi) is 6.55. The van der Waals surface area contributed by atoms with Crippen molar-refractivity contribution in [1.82, 2.24) is 0 Å². The number of aliphatic imine (C=N–C) groups is 1. The van der Waals surface area contributed by atoms with Gasteiger partial charge in [0.2, 0.25) is 0 Å². The lowest BCUT2D eigenvalue weighted by molar-refractivity contribution is 1.47. The molecule has 0 saturated heterocycles. The molecule has 0 fully saturated rings. The molecule has 1 nitrogen and oxygen atoms in total. The summed E-state index contributed by atoms with van der Waals surface area (Å²) in [5.41, 5.74) is 8.19. The van der Waals surface area contributed by atoms with Crippen LogP contribution in [0.1, 0.15) is 23.6 Å². The Hall–Kier alpha value is -3.71. The predicted octanol–water partition coefficient (Wildman–Crippen LogP) is 7.59. The monoisotopic (exact) mass is 375 g/mol. The highest BCUT2D eigenvalue weighted by Gasteiger charge is 2.05. The lowest BCUT2D eigenvalue weighted by Crippen LogP contribution is -1.97. The largest absolute Gasteiger partial charge is 0.253 e. The second kappa shape index (κ2) is 9.48. The molecule has 0 radical (unpaired) electrons. The van der Waals surface area contributed by atoms with Crippen LogP contribution in [0.3, 0.4) is 0 Å². The zero-order valence-corrected chi connectivity index (χ0v) is 16.8. The van der Waals surface area contributed by atoms with Crippen molar-refractivity contribution in [2.75, 3.05) is 0 Å². The van der Waals surface area contributed by atoms with Gasteiger partial charge in [-0.05, 0) is 46.9 Å². The van der Waals surface area contributed by atoms with E-state index in [-0.39, 0.29) is 0 Å². The van der Waals surface area contributed by atoms with Crippen LogP contribution in [0, 0.1) is 0 Å². The van der Waals surface area contributed by atoms with Gasteiger partial charge in [0, 0.05) is 11.3 Å². The van der Waals surface area contributed by atoms with E-state index in [0.717, 1.165) is 39.2 Å². The number of rotatable bonds is 7. The Bertz CT molecular complexity index is 1100. The Morgan fingerprint density at radius 3 is 2.14 bits per heavy atom. The molecule has 0 bridgehead atoms. The first-order chi connectivity index (χ1) is 14.1. The zero-order chi connectivity index (χ0) is 20.6. The summed E-state index contributed by atoms with van der Waals surface area (Å²) in [6.07, 6.45) is 5.56. The molecule has 0 aliphatic rings. The van der Waals surface area contributed by atoms with E-state index in [0.29, 0.717) is 0 Å². The fourth-order valence-electron chi connectivity index (χ4n) is 3.17. The van der Waals surface area contributed by atoms with Gasteiger partial charge >= 0.3 is 0 Å². The number of hydrogen-bond acceptors (Lipinski definition) is 1. The van der Waals surface area contributed by atoms with E-state index in [4.69, 9.17) is 4.99 Å². The molecular formula is C28H25N. The summed E-state index contributed by atoms with van der Waals surface area (Å²) in [7, 11) is 0. The molecule has 0 heterocycles. The van der Waals surface area contributed by atoms with Crippen LogP contribution in [0.4, 0.5) is 0 Å². The van der Waals surface area contributed by atoms with Crippen molar-refractivity contribution in [3.63, 3.8) is 0 Å². The van der Waals surface area contributed by atoms with Gasteiger partial charge in [-0.1, -0.05) is 105 Å². The topological polar surface area (TPSA) is 12.4 Å². The minimum absolute atomic E-state index is 0.747. The molecule has 142 valence electrons. The van der Waals surface area contributed by atoms with Crippen LogP contribution in [-0.2, 0) is 0 Å². The summed E-state index contributed by atoms with van der Waals surface area (Å²) in [5, 5.41) is 0. The van der Waals surface area contributed by atoms with E-state index >= 15 is 0 Å². The average Bonchev–Trinajstić information content (AvgIpc) is 2.78. The van der Waals surface area contributed by atoms with Crippen molar-refractivity contribution in [3.8, 4) is 11.1 Å². The van der Waals surface area contributed by atoms with Gasteiger partial charge in [0.05, 0.1) is 5.70 Å². The molecule has 0 aromatic heterocycles. The fraction of sp³-hybridized carbons (Fsp3) is 0.0357. The second-order valence-electron chi connectivity index (χ2n) is 6.73. The van der Waals surface area contributed by atoms with Gasteiger partial charge in [-0.3, -0.25) is 4.99 Å². The Morgan fingerprint density at radius 1 is 0.759 bits per heavy atom. The van der Waals surface area contributed by atoms with Gasteiger partial charge in [0.15, 0.2) is 0 Å². The standard InChI is InChI=1S/C28H25N/c1-5-12-23(6-2)27-17-10-15-25(19-27)21(3)29-22(4)26-16-11-18-28(20-26)24-13-8-7-9-14-24/h5-20H,1-2,4H2,3H3/b23-12+,29-21?. The van der Waals surface area contributed by atoms with Crippen molar-refractivity contribution < 1.29 is 0 Å². The lowest BCUT2D eigenvalue weighted by Gasteiger charge is -2.09. The van der Waals surface area contributed by atoms with E-state index in [1.165, 1.54) is 5.56 Å². The third-order valence-electron chi connectivity index (χ3n) is 4.74. The number of hydrogen-bond donors (Lipinski definition) is 0. The van der Waals surface area contributed by atoms with Gasteiger partial charge in [-0.2, -0.15) is 0 Å². The van der Waals surface area contributed by atoms with Crippen LogP contribution >= 0.6 is 0 Å². The Balaban J connectivity index is 1.89. The molecule has 0 aliphatic carbocycles. The molecular weight excluding hydrogens is 350 g/mol. The minimum Gasteiger partial charge on any atom is -0.253 e. The smallest absolute Gasteiger partial charge is 0.0633 e. The van der Waals surface area contributed by atoms with Crippen LogP contribution in [0.25, 0.3) is 22.4 Å². The second-order valence-corrected chi connectivity index (χ2v) is 6.73. The maximum Gasteiger partial charge on any atom is 0.0633 e. The number of allylic oxidation sites excluding steroid dienone is 4. The molecule has 0 atom stereocenters. The minimum atomic E-state index is 0.747. The molecule has 0 N–H and O–H groups in total. The zero-order valence-electron chi connectivity index (χ0n) is 16.8. The van der Waals surface area contributed by atoms with E-state index in [2.05, 4.69) is 62.2 Å². The molecule has 0 aliphatic heterocycles. The molecule has 3 aromatic rings. The summed E-state index contributed by atoms with van der Waals surface area (Å²) in [6.45, 7) is 13.9. The van der Waals surface area contributed by atoms with Crippen LogP contribution in [0.5, 0.6) is 0 Å².